The third-order valence-corrected chi connectivity index (χ3v) is 4.86. The number of carbonyl (C=O) groups excluding carboxylic acids is 2. The molecule has 2 nitrogen and oxygen atoms in total. The quantitative estimate of drug-likeness (QED) is 0.699. The van der Waals surface area contributed by atoms with Crippen LogP contribution in [0.5, 0.6) is 0 Å². The van der Waals surface area contributed by atoms with Crippen LogP contribution in [0.2, 0.25) is 0 Å². The van der Waals surface area contributed by atoms with Gasteiger partial charge in [-0.3, -0.25) is 9.59 Å². The van der Waals surface area contributed by atoms with Crippen LogP contribution in [0, 0.1) is 6.92 Å². The Morgan fingerprint density at radius 1 is 0.864 bits per heavy atom. The Labute approximate surface area is 131 Å². The molecule has 0 saturated carbocycles. The van der Waals surface area contributed by atoms with Crippen LogP contribution in [0.1, 0.15) is 70.2 Å². The summed E-state index contributed by atoms with van der Waals surface area (Å²) in [6, 6.07) is 10.9. The molecule has 0 fully saturated rings. The Hall–Kier alpha value is -2.22. The lowest BCUT2D eigenvalue weighted by atomic mass is 9.71. The van der Waals surface area contributed by atoms with Gasteiger partial charge < -0.3 is 0 Å². The third-order valence-electron chi connectivity index (χ3n) is 4.86. The number of ketones is 2. The first-order valence-electron chi connectivity index (χ1n) is 7.71. The van der Waals surface area contributed by atoms with Crippen LogP contribution in [0.15, 0.2) is 36.4 Å². The maximum absolute atomic E-state index is 13.0. The zero-order valence-corrected chi connectivity index (χ0v) is 13.5. The fourth-order valence-corrected chi connectivity index (χ4v) is 3.34. The monoisotopic (exact) mass is 292 g/mol. The Balaban J connectivity index is 2.37. The molecule has 3 rings (SSSR count). The second-order valence-corrected chi connectivity index (χ2v) is 6.62. The van der Waals surface area contributed by atoms with Gasteiger partial charge in [0, 0.05) is 22.3 Å². The van der Waals surface area contributed by atoms with E-state index in [1.54, 1.807) is 24.3 Å². The van der Waals surface area contributed by atoms with Gasteiger partial charge in [0.05, 0.1) is 0 Å². The Kier molecular flexibility index (Phi) is 3.28. The molecule has 1 aliphatic rings. The molecule has 0 saturated heterocycles. The summed E-state index contributed by atoms with van der Waals surface area (Å²) < 4.78 is 0. The van der Waals surface area contributed by atoms with E-state index in [0.717, 1.165) is 17.5 Å². The van der Waals surface area contributed by atoms with E-state index in [-0.39, 0.29) is 17.0 Å². The number of carbonyl (C=O) groups is 2. The highest BCUT2D eigenvalue weighted by atomic mass is 16.1. The first kappa shape index (κ1) is 14.7. The Morgan fingerprint density at radius 2 is 1.45 bits per heavy atom. The van der Waals surface area contributed by atoms with Gasteiger partial charge >= 0.3 is 0 Å². The summed E-state index contributed by atoms with van der Waals surface area (Å²) in [5.74, 6) is -0.0659. The van der Waals surface area contributed by atoms with E-state index in [0.29, 0.717) is 22.3 Å². The van der Waals surface area contributed by atoms with Gasteiger partial charge in [0.25, 0.3) is 0 Å². The van der Waals surface area contributed by atoms with Crippen molar-refractivity contribution < 1.29 is 9.59 Å². The predicted molar refractivity (Wildman–Crippen MR) is 87.8 cm³/mol. The highest BCUT2D eigenvalue weighted by molar-refractivity contribution is 6.29. The molecule has 22 heavy (non-hydrogen) atoms. The van der Waals surface area contributed by atoms with E-state index in [9.17, 15) is 9.59 Å². The molecular weight excluding hydrogens is 272 g/mol. The van der Waals surface area contributed by atoms with Crippen molar-refractivity contribution in [3.8, 4) is 0 Å². The molecule has 0 atom stereocenters. The van der Waals surface area contributed by atoms with Crippen LogP contribution in [-0.2, 0) is 5.41 Å². The zero-order chi connectivity index (χ0) is 16.1. The maximum Gasteiger partial charge on any atom is 0.194 e. The number of benzene rings is 2. The smallest absolute Gasteiger partial charge is 0.194 e. The SMILES string of the molecule is CCC(C)(C)c1c(C)ccc2c1C(=O)c1ccccc1C2=O. The van der Waals surface area contributed by atoms with Crippen molar-refractivity contribution >= 4 is 11.6 Å². The molecule has 0 spiro atoms. The summed E-state index contributed by atoms with van der Waals surface area (Å²) in [7, 11) is 0. The van der Waals surface area contributed by atoms with E-state index in [2.05, 4.69) is 20.8 Å². The van der Waals surface area contributed by atoms with E-state index < -0.39 is 0 Å². The van der Waals surface area contributed by atoms with Crippen LogP contribution in [-0.4, -0.2) is 11.6 Å². The Bertz CT molecular complexity index is 797. The normalized spacial score (nSPS) is 13.8. The molecule has 0 bridgehead atoms. The zero-order valence-electron chi connectivity index (χ0n) is 13.5. The average molecular weight is 292 g/mol. The summed E-state index contributed by atoms with van der Waals surface area (Å²) in [5, 5.41) is 0. The van der Waals surface area contributed by atoms with Crippen molar-refractivity contribution in [3.63, 3.8) is 0 Å². The molecule has 0 unspecified atom stereocenters. The van der Waals surface area contributed by atoms with Crippen molar-refractivity contribution in [3.05, 3.63) is 69.8 Å². The lowest BCUT2D eigenvalue weighted by Gasteiger charge is -2.31. The first-order valence-corrected chi connectivity index (χ1v) is 7.71. The minimum absolute atomic E-state index is 0.0228. The molecule has 112 valence electrons. The van der Waals surface area contributed by atoms with Crippen molar-refractivity contribution in [1.29, 1.82) is 0 Å². The number of rotatable bonds is 2. The summed E-state index contributed by atoms with van der Waals surface area (Å²) in [6.07, 6.45) is 0.910. The van der Waals surface area contributed by atoms with Crippen molar-refractivity contribution in [1.82, 2.24) is 0 Å². The van der Waals surface area contributed by atoms with Crippen LogP contribution < -0.4 is 0 Å². The third kappa shape index (κ3) is 1.94. The molecule has 2 heteroatoms. The highest BCUT2D eigenvalue weighted by Crippen LogP contribution is 2.38. The van der Waals surface area contributed by atoms with Crippen molar-refractivity contribution in [2.45, 2.75) is 39.5 Å². The molecule has 0 aromatic heterocycles. The van der Waals surface area contributed by atoms with Crippen molar-refractivity contribution in [2.75, 3.05) is 0 Å². The second-order valence-electron chi connectivity index (χ2n) is 6.62. The topological polar surface area (TPSA) is 34.1 Å². The fraction of sp³-hybridized carbons (Fsp3) is 0.300. The van der Waals surface area contributed by atoms with Gasteiger partial charge in [0.2, 0.25) is 0 Å². The van der Waals surface area contributed by atoms with Crippen LogP contribution >= 0.6 is 0 Å². The van der Waals surface area contributed by atoms with Gasteiger partial charge in [-0.25, -0.2) is 0 Å². The highest BCUT2D eigenvalue weighted by Gasteiger charge is 2.35. The molecule has 1 aliphatic carbocycles. The van der Waals surface area contributed by atoms with Crippen molar-refractivity contribution in [2.24, 2.45) is 0 Å². The molecule has 0 heterocycles. The van der Waals surface area contributed by atoms with E-state index >= 15 is 0 Å². The van der Waals surface area contributed by atoms with E-state index in [1.165, 1.54) is 0 Å². The maximum atomic E-state index is 13.0. The summed E-state index contributed by atoms with van der Waals surface area (Å²) in [6.45, 7) is 8.40. The van der Waals surface area contributed by atoms with Gasteiger partial charge in [-0.1, -0.05) is 57.2 Å². The standard InChI is InChI=1S/C20H20O2/c1-5-20(3,4)17-12(2)10-11-15-16(17)19(22)14-9-7-6-8-13(14)18(15)21/h6-11H,5H2,1-4H3. The van der Waals surface area contributed by atoms with Crippen LogP contribution in [0.25, 0.3) is 0 Å². The van der Waals surface area contributed by atoms with Gasteiger partial charge in [-0.15, -0.1) is 0 Å². The molecule has 0 N–H and O–H groups in total. The average Bonchev–Trinajstić information content (AvgIpc) is 2.52. The number of aryl methyl sites for hydroxylation is 1. The molecule has 2 aromatic carbocycles. The number of fused-ring (bicyclic) bond motifs is 2. The van der Waals surface area contributed by atoms with Gasteiger partial charge in [-0.05, 0) is 29.9 Å². The van der Waals surface area contributed by atoms with Gasteiger partial charge in [0.15, 0.2) is 11.6 Å². The second kappa shape index (κ2) is 4.91. The van der Waals surface area contributed by atoms with Gasteiger partial charge in [0.1, 0.15) is 0 Å². The Morgan fingerprint density at radius 3 is 2.05 bits per heavy atom. The summed E-state index contributed by atoms with van der Waals surface area (Å²) in [5.41, 5.74) is 4.15. The van der Waals surface area contributed by atoms with E-state index in [1.807, 2.05) is 19.1 Å². The van der Waals surface area contributed by atoms with Crippen LogP contribution in [0.4, 0.5) is 0 Å². The summed E-state index contributed by atoms with van der Waals surface area (Å²) in [4.78, 5) is 25.8. The lowest BCUT2D eigenvalue weighted by molar-refractivity contribution is 0.0977. The minimum Gasteiger partial charge on any atom is -0.289 e. The lowest BCUT2D eigenvalue weighted by Crippen LogP contribution is -2.28. The largest absolute Gasteiger partial charge is 0.289 e. The molecular formula is C20H20O2. The van der Waals surface area contributed by atoms with Gasteiger partial charge in [-0.2, -0.15) is 0 Å². The first-order chi connectivity index (χ1) is 10.4. The molecule has 0 aliphatic heterocycles. The number of hydrogen-bond acceptors (Lipinski definition) is 2. The molecule has 0 amide bonds. The molecule has 0 radical (unpaired) electrons. The van der Waals surface area contributed by atoms with E-state index in [4.69, 9.17) is 0 Å². The summed E-state index contributed by atoms with van der Waals surface area (Å²) >= 11 is 0. The minimum atomic E-state index is -0.141. The fourth-order valence-electron chi connectivity index (χ4n) is 3.34. The predicted octanol–water partition coefficient (Wildman–Crippen LogP) is 4.46. The number of hydrogen-bond donors (Lipinski definition) is 0. The van der Waals surface area contributed by atoms with Crippen LogP contribution in [0.3, 0.4) is 0 Å². The molecule has 2 aromatic rings.